The zero-order valence-electron chi connectivity index (χ0n) is 12.9. The molecule has 7 nitrogen and oxygen atoms in total. The number of nitro groups is 1. The number of hydrogen-bond acceptors (Lipinski definition) is 5. The number of non-ortho nitro benzene ring substituents is 1. The lowest BCUT2D eigenvalue weighted by molar-refractivity contribution is -0.384. The van der Waals surface area contributed by atoms with Crippen LogP contribution in [-0.2, 0) is 9.53 Å². The van der Waals surface area contributed by atoms with E-state index in [2.05, 4.69) is 17.1 Å². The summed E-state index contributed by atoms with van der Waals surface area (Å²) in [5, 5.41) is 13.5. The first-order valence-electron chi connectivity index (χ1n) is 7.34. The van der Waals surface area contributed by atoms with Gasteiger partial charge in [-0.1, -0.05) is 0 Å². The molecule has 0 aromatic heterocycles. The van der Waals surface area contributed by atoms with Crippen LogP contribution in [0.2, 0.25) is 0 Å². The zero-order valence-corrected chi connectivity index (χ0v) is 12.9. The Hall–Kier alpha value is -1.99. The third kappa shape index (κ3) is 4.25. The molecule has 1 fully saturated rings. The highest BCUT2D eigenvalue weighted by Gasteiger charge is 2.19. The van der Waals surface area contributed by atoms with Crippen LogP contribution in [0.15, 0.2) is 18.2 Å². The molecular formula is C15H21N3O4. The van der Waals surface area contributed by atoms with E-state index in [9.17, 15) is 14.9 Å². The molecule has 0 bridgehead atoms. The lowest BCUT2D eigenvalue weighted by atomic mass is 10.1. The maximum Gasteiger partial charge on any atom is 0.269 e. The molecule has 1 saturated heterocycles. The summed E-state index contributed by atoms with van der Waals surface area (Å²) in [6, 6.07) is 4.75. The minimum atomic E-state index is -0.446. The van der Waals surface area contributed by atoms with Crippen molar-refractivity contribution in [3.63, 3.8) is 0 Å². The number of rotatable bonds is 5. The van der Waals surface area contributed by atoms with E-state index >= 15 is 0 Å². The van der Waals surface area contributed by atoms with E-state index in [1.165, 1.54) is 12.1 Å². The van der Waals surface area contributed by atoms with Crippen LogP contribution in [0.1, 0.15) is 18.9 Å². The lowest BCUT2D eigenvalue weighted by Crippen LogP contribution is -2.44. The fraction of sp³-hybridized carbons (Fsp3) is 0.533. The van der Waals surface area contributed by atoms with Crippen molar-refractivity contribution in [2.45, 2.75) is 26.3 Å². The Kier molecular flexibility index (Phi) is 5.46. The van der Waals surface area contributed by atoms with Crippen LogP contribution in [0.25, 0.3) is 0 Å². The highest BCUT2D eigenvalue weighted by molar-refractivity contribution is 5.91. The number of nitro benzene ring substituents is 1. The first kappa shape index (κ1) is 16.4. The number of carbonyl (C=O) groups is 1. The van der Waals surface area contributed by atoms with E-state index in [1.807, 2.05) is 0 Å². The number of nitrogens with zero attached hydrogens (tertiary/aromatic N) is 2. The summed E-state index contributed by atoms with van der Waals surface area (Å²) in [6.07, 6.45) is 0.390. The van der Waals surface area contributed by atoms with Crippen molar-refractivity contribution in [3.05, 3.63) is 33.9 Å². The third-order valence-electron chi connectivity index (χ3n) is 3.83. The molecule has 0 radical (unpaired) electrons. The predicted molar refractivity (Wildman–Crippen MR) is 82.9 cm³/mol. The van der Waals surface area contributed by atoms with Crippen molar-refractivity contribution in [1.82, 2.24) is 4.90 Å². The number of morpholine rings is 1. The van der Waals surface area contributed by atoms with Gasteiger partial charge in [-0.15, -0.1) is 0 Å². The molecule has 1 aromatic rings. The van der Waals surface area contributed by atoms with Crippen molar-refractivity contribution in [1.29, 1.82) is 0 Å². The molecule has 120 valence electrons. The summed E-state index contributed by atoms with van der Waals surface area (Å²) < 4.78 is 5.36. The van der Waals surface area contributed by atoms with Gasteiger partial charge in [-0.25, -0.2) is 0 Å². The second-order valence-corrected chi connectivity index (χ2v) is 5.51. The monoisotopic (exact) mass is 307 g/mol. The van der Waals surface area contributed by atoms with E-state index in [0.717, 1.165) is 6.54 Å². The van der Waals surface area contributed by atoms with Crippen molar-refractivity contribution < 1.29 is 14.5 Å². The van der Waals surface area contributed by atoms with E-state index in [1.54, 1.807) is 13.0 Å². The van der Waals surface area contributed by atoms with Gasteiger partial charge in [0.1, 0.15) is 0 Å². The number of aryl methyl sites for hydroxylation is 1. The Bertz CT molecular complexity index is 562. The summed E-state index contributed by atoms with van der Waals surface area (Å²) in [4.78, 5) is 24.5. The van der Waals surface area contributed by atoms with Gasteiger partial charge in [0.25, 0.3) is 5.69 Å². The lowest BCUT2D eigenvalue weighted by Gasteiger charge is -2.32. The number of anilines is 1. The molecule has 0 spiro atoms. The van der Waals surface area contributed by atoms with Crippen LogP contribution in [0.4, 0.5) is 11.4 Å². The fourth-order valence-corrected chi connectivity index (χ4v) is 2.45. The van der Waals surface area contributed by atoms with E-state index < -0.39 is 4.92 Å². The van der Waals surface area contributed by atoms with Gasteiger partial charge >= 0.3 is 0 Å². The average Bonchev–Trinajstić information content (AvgIpc) is 2.48. The molecule has 1 amide bonds. The Balaban J connectivity index is 1.88. The van der Waals surface area contributed by atoms with Gasteiger partial charge in [0, 0.05) is 43.4 Å². The molecule has 0 unspecified atom stereocenters. The quantitative estimate of drug-likeness (QED) is 0.664. The van der Waals surface area contributed by atoms with Crippen molar-refractivity contribution >= 4 is 17.3 Å². The molecule has 0 saturated carbocycles. The van der Waals surface area contributed by atoms with Crippen LogP contribution in [0.3, 0.4) is 0 Å². The second-order valence-electron chi connectivity index (χ2n) is 5.51. The van der Waals surface area contributed by atoms with Gasteiger partial charge in [-0.3, -0.25) is 19.8 Å². The predicted octanol–water partition coefficient (Wildman–Crippen LogP) is 1.95. The van der Waals surface area contributed by atoms with Gasteiger partial charge in [0.15, 0.2) is 0 Å². The Labute approximate surface area is 129 Å². The molecule has 0 aliphatic carbocycles. The molecule has 1 atom stereocenters. The van der Waals surface area contributed by atoms with E-state index in [4.69, 9.17) is 4.74 Å². The molecule has 2 rings (SSSR count). The van der Waals surface area contributed by atoms with Crippen molar-refractivity contribution in [2.24, 2.45) is 0 Å². The third-order valence-corrected chi connectivity index (χ3v) is 3.83. The van der Waals surface area contributed by atoms with Crippen molar-refractivity contribution in [3.8, 4) is 0 Å². The number of hydrogen-bond donors (Lipinski definition) is 1. The molecule has 1 aromatic carbocycles. The first-order valence-corrected chi connectivity index (χ1v) is 7.34. The largest absolute Gasteiger partial charge is 0.379 e. The summed E-state index contributed by atoms with van der Waals surface area (Å²) in [6.45, 7) is 6.74. The maximum atomic E-state index is 12.0. The van der Waals surface area contributed by atoms with Gasteiger partial charge < -0.3 is 10.1 Å². The first-order chi connectivity index (χ1) is 10.5. The van der Waals surface area contributed by atoms with Crippen LogP contribution in [0.5, 0.6) is 0 Å². The smallest absolute Gasteiger partial charge is 0.269 e. The second kappa shape index (κ2) is 7.33. The zero-order chi connectivity index (χ0) is 16.1. The number of amides is 1. The Morgan fingerprint density at radius 1 is 1.55 bits per heavy atom. The number of benzene rings is 1. The SMILES string of the molecule is Cc1cc([N+](=O)[O-])ccc1NC(=O)CCN1CCOC[C@H]1C. The van der Waals surface area contributed by atoms with E-state index in [-0.39, 0.29) is 11.6 Å². The molecule has 22 heavy (non-hydrogen) atoms. The van der Waals surface area contributed by atoms with Gasteiger partial charge in [-0.05, 0) is 25.5 Å². The summed E-state index contributed by atoms with van der Waals surface area (Å²) in [5.41, 5.74) is 1.32. The summed E-state index contributed by atoms with van der Waals surface area (Å²) in [5.74, 6) is -0.0874. The number of ether oxygens (including phenoxy) is 1. The normalized spacial score (nSPS) is 18.9. The summed E-state index contributed by atoms with van der Waals surface area (Å²) >= 11 is 0. The maximum absolute atomic E-state index is 12.0. The Morgan fingerprint density at radius 3 is 2.95 bits per heavy atom. The number of nitrogens with one attached hydrogen (secondary N) is 1. The molecule has 7 heteroatoms. The molecule has 1 N–H and O–H groups in total. The van der Waals surface area contributed by atoms with E-state index in [0.29, 0.717) is 43.5 Å². The molecule has 1 heterocycles. The van der Waals surface area contributed by atoms with Crippen LogP contribution in [-0.4, -0.2) is 48.1 Å². The van der Waals surface area contributed by atoms with Crippen LogP contribution >= 0.6 is 0 Å². The summed E-state index contributed by atoms with van der Waals surface area (Å²) in [7, 11) is 0. The van der Waals surface area contributed by atoms with Gasteiger partial charge in [-0.2, -0.15) is 0 Å². The average molecular weight is 307 g/mol. The number of carbonyl (C=O) groups excluding carboxylic acids is 1. The Morgan fingerprint density at radius 2 is 2.32 bits per heavy atom. The molecule has 1 aliphatic heterocycles. The van der Waals surface area contributed by atoms with Gasteiger partial charge in [0.05, 0.1) is 18.1 Å². The molecular weight excluding hydrogens is 286 g/mol. The minimum Gasteiger partial charge on any atom is -0.379 e. The van der Waals surface area contributed by atoms with Crippen molar-refractivity contribution in [2.75, 3.05) is 31.6 Å². The standard InChI is InChI=1S/C15H21N3O4/c1-11-9-13(18(20)21)3-4-14(11)16-15(19)5-6-17-7-8-22-10-12(17)2/h3-4,9,12H,5-8,10H2,1-2H3,(H,16,19)/t12-/m1/s1. The molecule has 1 aliphatic rings. The van der Waals surface area contributed by atoms with Gasteiger partial charge in [0.2, 0.25) is 5.91 Å². The minimum absolute atomic E-state index is 0.0256. The highest BCUT2D eigenvalue weighted by atomic mass is 16.6. The van der Waals surface area contributed by atoms with Crippen LogP contribution < -0.4 is 5.32 Å². The topological polar surface area (TPSA) is 84.7 Å². The van der Waals surface area contributed by atoms with Crippen LogP contribution in [0, 0.1) is 17.0 Å². The fourth-order valence-electron chi connectivity index (χ4n) is 2.45. The highest BCUT2D eigenvalue weighted by Crippen LogP contribution is 2.21.